The molecule has 0 aliphatic rings. The van der Waals surface area contributed by atoms with Crippen LogP contribution in [0.3, 0.4) is 0 Å². The van der Waals surface area contributed by atoms with Gasteiger partial charge in [-0.2, -0.15) is 0 Å². The third-order valence-electron chi connectivity index (χ3n) is 2.72. The fourth-order valence-corrected chi connectivity index (χ4v) is 1.84. The maximum absolute atomic E-state index is 11.5. The molecule has 2 N–H and O–H groups in total. The molecule has 1 aromatic carbocycles. The molecular formula is C13H14ClNO2. The number of carbonyl (C=O) groups is 1. The van der Waals surface area contributed by atoms with Gasteiger partial charge in [-0.3, -0.25) is 5.32 Å². The van der Waals surface area contributed by atoms with Crippen LogP contribution < -0.4 is 5.32 Å². The molecule has 0 heterocycles. The van der Waals surface area contributed by atoms with Crippen LogP contribution in [0.15, 0.2) is 24.3 Å². The van der Waals surface area contributed by atoms with E-state index in [1.165, 1.54) is 0 Å². The molecule has 0 radical (unpaired) electrons. The van der Waals surface area contributed by atoms with Crippen LogP contribution in [0.5, 0.6) is 0 Å². The fraction of sp³-hybridized carbons (Fsp3) is 0.308. The molecule has 0 bridgehead atoms. The van der Waals surface area contributed by atoms with E-state index in [1.54, 1.807) is 31.2 Å². The molecule has 1 aromatic rings. The van der Waals surface area contributed by atoms with Crippen molar-refractivity contribution >= 4 is 17.6 Å². The van der Waals surface area contributed by atoms with Crippen LogP contribution in [0.1, 0.15) is 18.9 Å². The summed E-state index contributed by atoms with van der Waals surface area (Å²) in [5.74, 6) is 1.45. The Morgan fingerprint density at radius 3 is 2.53 bits per heavy atom. The second-order valence-corrected chi connectivity index (χ2v) is 4.07. The highest BCUT2D eigenvalue weighted by Gasteiger charge is 2.37. The number of benzene rings is 1. The number of terminal acetylenes is 1. The lowest BCUT2D eigenvalue weighted by atomic mass is 9.87. The van der Waals surface area contributed by atoms with Crippen LogP contribution in [0.2, 0.25) is 5.02 Å². The monoisotopic (exact) mass is 251 g/mol. The van der Waals surface area contributed by atoms with Gasteiger partial charge in [-0.1, -0.05) is 36.6 Å². The van der Waals surface area contributed by atoms with E-state index in [2.05, 4.69) is 11.2 Å². The van der Waals surface area contributed by atoms with Crippen LogP contribution in [-0.2, 0) is 10.3 Å². The summed E-state index contributed by atoms with van der Waals surface area (Å²) < 4.78 is 0. The van der Waals surface area contributed by atoms with E-state index in [0.717, 1.165) is 0 Å². The largest absolute Gasteiger partial charge is 0.480 e. The summed E-state index contributed by atoms with van der Waals surface area (Å²) in [5.41, 5.74) is -0.510. The van der Waals surface area contributed by atoms with Crippen molar-refractivity contribution in [3.8, 4) is 12.3 Å². The van der Waals surface area contributed by atoms with Crippen LogP contribution in [0, 0.1) is 12.3 Å². The van der Waals surface area contributed by atoms with Gasteiger partial charge in [-0.25, -0.2) is 4.79 Å². The Hall–Kier alpha value is -1.50. The van der Waals surface area contributed by atoms with Crippen molar-refractivity contribution in [2.45, 2.75) is 18.9 Å². The normalized spacial score (nSPS) is 13.7. The summed E-state index contributed by atoms with van der Waals surface area (Å²) in [6.45, 7) is 2.00. The standard InChI is InChI=1S/C13H14ClNO2/c1-3-9-15-13(4-2,12(16)17)10-5-7-11(14)8-6-10/h1,5-8,15H,4,9H2,2H3,(H,16,17). The third-order valence-corrected chi connectivity index (χ3v) is 2.98. The second-order valence-electron chi connectivity index (χ2n) is 3.63. The van der Waals surface area contributed by atoms with Gasteiger partial charge in [0.05, 0.1) is 6.54 Å². The van der Waals surface area contributed by atoms with E-state index in [4.69, 9.17) is 18.0 Å². The molecule has 4 heteroatoms. The number of carboxylic acid groups (broad SMARTS) is 1. The van der Waals surface area contributed by atoms with Crippen molar-refractivity contribution in [3.63, 3.8) is 0 Å². The molecule has 0 aromatic heterocycles. The molecule has 3 nitrogen and oxygen atoms in total. The Morgan fingerprint density at radius 1 is 1.53 bits per heavy atom. The van der Waals surface area contributed by atoms with E-state index in [0.29, 0.717) is 17.0 Å². The minimum atomic E-state index is -1.16. The maximum Gasteiger partial charge on any atom is 0.328 e. The molecular weight excluding hydrogens is 238 g/mol. The predicted octanol–water partition coefficient (Wildman–Crippen LogP) is 2.25. The molecule has 90 valence electrons. The summed E-state index contributed by atoms with van der Waals surface area (Å²) in [6, 6.07) is 6.73. The molecule has 0 spiro atoms. The minimum Gasteiger partial charge on any atom is -0.480 e. The van der Waals surface area contributed by atoms with E-state index < -0.39 is 11.5 Å². The van der Waals surface area contributed by atoms with Crippen molar-refractivity contribution in [2.24, 2.45) is 0 Å². The third kappa shape index (κ3) is 2.79. The molecule has 0 amide bonds. The highest BCUT2D eigenvalue weighted by atomic mass is 35.5. The van der Waals surface area contributed by atoms with E-state index in [9.17, 15) is 9.90 Å². The zero-order valence-electron chi connectivity index (χ0n) is 9.53. The fourth-order valence-electron chi connectivity index (χ4n) is 1.72. The number of hydrogen-bond donors (Lipinski definition) is 2. The average molecular weight is 252 g/mol. The van der Waals surface area contributed by atoms with Gasteiger partial charge in [0.25, 0.3) is 0 Å². The van der Waals surface area contributed by atoms with Crippen molar-refractivity contribution in [3.05, 3.63) is 34.9 Å². The first-order valence-electron chi connectivity index (χ1n) is 5.24. The number of rotatable bonds is 5. The Labute approximate surface area is 106 Å². The number of aliphatic carboxylic acids is 1. The van der Waals surface area contributed by atoms with Gasteiger partial charge in [-0.05, 0) is 24.1 Å². The van der Waals surface area contributed by atoms with Crippen LogP contribution in [0.25, 0.3) is 0 Å². The molecule has 0 aliphatic carbocycles. The first kappa shape index (κ1) is 13.6. The average Bonchev–Trinajstić information content (AvgIpc) is 2.32. The van der Waals surface area contributed by atoms with E-state index in [-0.39, 0.29) is 6.54 Å². The number of nitrogens with one attached hydrogen (secondary N) is 1. The predicted molar refractivity (Wildman–Crippen MR) is 67.9 cm³/mol. The molecule has 0 saturated carbocycles. The first-order valence-corrected chi connectivity index (χ1v) is 5.62. The van der Waals surface area contributed by atoms with Gasteiger partial charge >= 0.3 is 5.97 Å². The molecule has 17 heavy (non-hydrogen) atoms. The first-order chi connectivity index (χ1) is 8.06. The Morgan fingerprint density at radius 2 is 2.12 bits per heavy atom. The number of halogens is 1. The summed E-state index contributed by atoms with van der Waals surface area (Å²) in [6.07, 6.45) is 5.56. The van der Waals surface area contributed by atoms with Gasteiger partial charge < -0.3 is 5.11 Å². The van der Waals surface area contributed by atoms with Gasteiger partial charge in [0.15, 0.2) is 0 Å². The van der Waals surface area contributed by atoms with Crippen LogP contribution >= 0.6 is 11.6 Å². The lowest BCUT2D eigenvalue weighted by molar-refractivity contribution is -0.145. The molecule has 1 unspecified atom stereocenters. The summed E-state index contributed by atoms with van der Waals surface area (Å²) in [4.78, 5) is 11.5. The lowest BCUT2D eigenvalue weighted by Gasteiger charge is -2.29. The number of carboxylic acids is 1. The smallest absolute Gasteiger partial charge is 0.328 e. The number of hydrogen-bond acceptors (Lipinski definition) is 2. The van der Waals surface area contributed by atoms with Crippen molar-refractivity contribution < 1.29 is 9.90 Å². The summed E-state index contributed by atoms with van der Waals surface area (Å²) >= 11 is 5.79. The minimum absolute atomic E-state index is 0.197. The Kier molecular flexibility index (Phi) is 4.56. The molecule has 0 aliphatic heterocycles. The quantitative estimate of drug-likeness (QED) is 0.790. The summed E-state index contributed by atoms with van der Waals surface area (Å²) in [7, 11) is 0. The van der Waals surface area contributed by atoms with Crippen LogP contribution in [0.4, 0.5) is 0 Å². The molecule has 1 atom stereocenters. The molecule has 0 fully saturated rings. The van der Waals surface area contributed by atoms with Gasteiger partial charge in [0, 0.05) is 5.02 Å². The van der Waals surface area contributed by atoms with Gasteiger partial charge in [-0.15, -0.1) is 6.42 Å². The van der Waals surface area contributed by atoms with Crippen molar-refractivity contribution in [2.75, 3.05) is 6.54 Å². The van der Waals surface area contributed by atoms with Crippen molar-refractivity contribution in [1.29, 1.82) is 0 Å². The molecule has 1 rings (SSSR count). The Bertz CT molecular complexity index is 436. The topological polar surface area (TPSA) is 49.3 Å². The molecule has 0 saturated heterocycles. The highest BCUT2D eigenvalue weighted by molar-refractivity contribution is 6.30. The van der Waals surface area contributed by atoms with E-state index in [1.807, 2.05) is 0 Å². The Balaban J connectivity index is 3.17. The zero-order chi connectivity index (χ0) is 12.9. The second kappa shape index (κ2) is 5.72. The highest BCUT2D eigenvalue weighted by Crippen LogP contribution is 2.26. The maximum atomic E-state index is 11.5. The van der Waals surface area contributed by atoms with Gasteiger partial charge in [0.1, 0.15) is 5.54 Å². The lowest BCUT2D eigenvalue weighted by Crippen LogP contribution is -2.49. The SMILES string of the molecule is C#CCNC(CC)(C(=O)O)c1ccc(Cl)cc1. The van der Waals surface area contributed by atoms with Crippen molar-refractivity contribution in [1.82, 2.24) is 5.32 Å². The zero-order valence-corrected chi connectivity index (χ0v) is 10.3. The van der Waals surface area contributed by atoms with Gasteiger partial charge in [0.2, 0.25) is 0 Å². The summed E-state index contributed by atoms with van der Waals surface area (Å²) in [5, 5.41) is 12.9. The van der Waals surface area contributed by atoms with Crippen LogP contribution in [-0.4, -0.2) is 17.6 Å². The van der Waals surface area contributed by atoms with E-state index >= 15 is 0 Å².